The molecule has 1 fully saturated rings. The van der Waals surface area contributed by atoms with E-state index in [4.69, 9.17) is 11.6 Å². The number of benzene rings is 1. The number of carbonyl (C=O) groups excluding carboxylic acids is 2. The first-order valence-corrected chi connectivity index (χ1v) is 11.5. The molecule has 0 unspecified atom stereocenters. The fourth-order valence-corrected chi connectivity index (χ4v) is 4.76. The van der Waals surface area contributed by atoms with E-state index in [0.29, 0.717) is 42.3 Å². The number of hydrogen-bond donors (Lipinski definition) is 0. The summed E-state index contributed by atoms with van der Waals surface area (Å²) in [6.45, 7) is 7.34. The Morgan fingerprint density at radius 1 is 1.09 bits per heavy atom. The number of fused-ring (bicyclic) bond motifs is 1. The molecule has 2 aromatic heterocycles. The van der Waals surface area contributed by atoms with E-state index in [9.17, 15) is 9.59 Å². The Bertz CT molecular complexity index is 1220. The van der Waals surface area contributed by atoms with Gasteiger partial charge in [0, 0.05) is 49.5 Å². The molecule has 0 saturated carbocycles. The lowest BCUT2D eigenvalue weighted by Gasteiger charge is -2.36. The van der Waals surface area contributed by atoms with Crippen molar-refractivity contribution in [2.75, 3.05) is 36.0 Å². The van der Waals surface area contributed by atoms with Crippen molar-refractivity contribution in [1.82, 2.24) is 19.7 Å². The van der Waals surface area contributed by atoms with Crippen molar-refractivity contribution < 1.29 is 9.59 Å². The Balaban J connectivity index is 1.30. The van der Waals surface area contributed by atoms with Crippen molar-refractivity contribution >= 4 is 34.8 Å². The van der Waals surface area contributed by atoms with Crippen molar-refractivity contribution in [1.29, 1.82) is 0 Å². The lowest BCUT2D eigenvalue weighted by atomic mass is 10.1. The van der Waals surface area contributed by atoms with Gasteiger partial charge in [-0.3, -0.25) is 24.2 Å². The highest BCUT2D eigenvalue weighted by molar-refractivity contribution is 6.31. The molecule has 1 aromatic carbocycles. The number of anilines is 2. The number of rotatable bonds is 4. The summed E-state index contributed by atoms with van der Waals surface area (Å²) in [6.07, 6.45) is 6.95. The minimum atomic E-state index is -0.123. The van der Waals surface area contributed by atoms with E-state index >= 15 is 0 Å². The van der Waals surface area contributed by atoms with Crippen LogP contribution in [0.2, 0.25) is 5.02 Å². The van der Waals surface area contributed by atoms with Gasteiger partial charge in [-0.2, -0.15) is 5.10 Å². The average Bonchev–Trinajstić information content (AvgIpc) is 3.42. The second-order valence-corrected chi connectivity index (χ2v) is 8.78. The molecule has 3 aromatic rings. The monoisotopic (exact) mass is 464 g/mol. The molecule has 33 heavy (non-hydrogen) atoms. The third kappa shape index (κ3) is 3.84. The maximum atomic E-state index is 13.1. The van der Waals surface area contributed by atoms with E-state index in [1.165, 1.54) is 0 Å². The fraction of sp³-hybridized carbons (Fsp3) is 0.333. The fourth-order valence-electron chi connectivity index (χ4n) is 4.58. The van der Waals surface area contributed by atoms with Crippen LogP contribution in [-0.4, -0.2) is 57.7 Å². The number of aromatic nitrogens is 3. The second-order valence-electron chi connectivity index (χ2n) is 8.35. The molecule has 0 spiro atoms. The lowest BCUT2D eigenvalue weighted by Crippen LogP contribution is -2.48. The predicted molar refractivity (Wildman–Crippen MR) is 127 cm³/mol. The molecule has 1 atom stereocenters. The second kappa shape index (κ2) is 8.51. The largest absolute Gasteiger partial charge is 0.367 e. The number of nitrogens with zero attached hydrogens (tertiary/aromatic N) is 6. The summed E-state index contributed by atoms with van der Waals surface area (Å²) in [7, 11) is 0. The molecule has 170 valence electrons. The van der Waals surface area contributed by atoms with Crippen LogP contribution in [0, 0.1) is 0 Å². The minimum absolute atomic E-state index is 0.00846. The molecule has 9 heteroatoms. The van der Waals surface area contributed by atoms with Gasteiger partial charge in [-0.15, -0.1) is 0 Å². The standard InChI is InChI=1S/C24H25ClN6O2/c1-3-30-15-17(12-27-30)23(32)29-8-6-28(7-9-29)19-11-20(14-26-13-19)31-16(2)22-10-18(25)4-5-21(22)24(31)33/h4-5,10-16H,3,6-9H2,1-2H3/t16-/m1/s1. The van der Waals surface area contributed by atoms with Gasteiger partial charge in [0.05, 0.1) is 41.6 Å². The summed E-state index contributed by atoms with van der Waals surface area (Å²) in [5, 5.41) is 4.83. The highest BCUT2D eigenvalue weighted by Crippen LogP contribution is 2.39. The van der Waals surface area contributed by atoms with E-state index in [-0.39, 0.29) is 17.9 Å². The number of amides is 2. The summed E-state index contributed by atoms with van der Waals surface area (Å²) < 4.78 is 1.76. The van der Waals surface area contributed by atoms with Crippen LogP contribution in [0.25, 0.3) is 0 Å². The third-order valence-electron chi connectivity index (χ3n) is 6.42. The van der Waals surface area contributed by atoms with E-state index in [1.807, 2.05) is 37.1 Å². The van der Waals surface area contributed by atoms with Crippen molar-refractivity contribution in [3.05, 3.63) is 70.8 Å². The van der Waals surface area contributed by atoms with Crippen LogP contribution >= 0.6 is 11.6 Å². The Morgan fingerprint density at radius 2 is 1.85 bits per heavy atom. The van der Waals surface area contributed by atoms with Crippen LogP contribution < -0.4 is 9.80 Å². The maximum Gasteiger partial charge on any atom is 0.259 e. The summed E-state index contributed by atoms with van der Waals surface area (Å²) in [5.74, 6) is -0.0368. The SMILES string of the molecule is CCn1cc(C(=O)N2CCN(c3cncc(N4C(=O)c5ccc(Cl)cc5[C@H]4C)c3)CC2)cn1. The minimum Gasteiger partial charge on any atom is -0.367 e. The van der Waals surface area contributed by atoms with Crippen LogP contribution in [0.3, 0.4) is 0 Å². The molecule has 0 radical (unpaired) electrons. The molecule has 1 saturated heterocycles. The van der Waals surface area contributed by atoms with Crippen LogP contribution in [0.4, 0.5) is 11.4 Å². The van der Waals surface area contributed by atoms with Gasteiger partial charge in [0.2, 0.25) is 0 Å². The van der Waals surface area contributed by atoms with Gasteiger partial charge >= 0.3 is 0 Å². The Hall–Kier alpha value is -3.39. The number of aryl methyl sites for hydroxylation is 1. The number of halogens is 1. The molecule has 0 aliphatic carbocycles. The molecule has 5 rings (SSSR count). The van der Waals surface area contributed by atoms with E-state index in [0.717, 1.165) is 23.5 Å². The summed E-state index contributed by atoms with van der Waals surface area (Å²) in [4.78, 5) is 36.1. The van der Waals surface area contributed by atoms with E-state index in [2.05, 4.69) is 15.0 Å². The van der Waals surface area contributed by atoms with Gasteiger partial charge in [-0.25, -0.2) is 0 Å². The molecule has 0 bridgehead atoms. The molecular formula is C24H25ClN6O2. The first-order valence-electron chi connectivity index (χ1n) is 11.1. The number of hydrogen-bond acceptors (Lipinski definition) is 5. The zero-order chi connectivity index (χ0) is 23.1. The molecule has 4 heterocycles. The van der Waals surface area contributed by atoms with Gasteiger partial charge in [-0.05, 0) is 43.7 Å². The van der Waals surface area contributed by atoms with Crippen molar-refractivity contribution in [2.24, 2.45) is 0 Å². The van der Waals surface area contributed by atoms with Crippen molar-refractivity contribution in [3.63, 3.8) is 0 Å². The lowest BCUT2D eigenvalue weighted by molar-refractivity contribution is 0.0746. The molecular weight excluding hydrogens is 440 g/mol. The van der Waals surface area contributed by atoms with Crippen LogP contribution in [0.1, 0.15) is 46.2 Å². The van der Waals surface area contributed by atoms with Crippen molar-refractivity contribution in [2.45, 2.75) is 26.4 Å². The Morgan fingerprint density at radius 3 is 2.58 bits per heavy atom. The summed E-state index contributed by atoms with van der Waals surface area (Å²) >= 11 is 6.16. The van der Waals surface area contributed by atoms with Crippen LogP contribution in [0.15, 0.2) is 49.1 Å². The topological polar surface area (TPSA) is 74.6 Å². The first-order chi connectivity index (χ1) is 16.0. The Kier molecular flexibility index (Phi) is 5.54. The normalized spacial score (nSPS) is 18.1. The Labute approximate surface area is 197 Å². The van der Waals surface area contributed by atoms with E-state index in [1.54, 1.807) is 40.3 Å². The van der Waals surface area contributed by atoms with Crippen LogP contribution in [-0.2, 0) is 6.54 Å². The number of pyridine rings is 1. The van der Waals surface area contributed by atoms with Crippen LogP contribution in [0.5, 0.6) is 0 Å². The highest BCUT2D eigenvalue weighted by Gasteiger charge is 2.35. The third-order valence-corrected chi connectivity index (χ3v) is 6.66. The molecule has 2 aliphatic rings. The predicted octanol–water partition coefficient (Wildman–Crippen LogP) is 3.64. The molecule has 8 nitrogen and oxygen atoms in total. The quantitative estimate of drug-likeness (QED) is 0.589. The summed E-state index contributed by atoms with van der Waals surface area (Å²) in [6, 6.07) is 7.27. The van der Waals surface area contributed by atoms with Gasteiger partial charge in [0.15, 0.2) is 0 Å². The number of piperazine rings is 1. The zero-order valence-electron chi connectivity index (χ0n) is 18.6. The van der Waals surface area contributed by atoms with Gasteiger partial charge in [0.25, 0.3) is 11.8 Å². The average molecular weight is 465 g/mol. The van der Waals surface area contributed by atoms with E-state index < -0.39 is 0 Å². The molecule has 2 amide bonds. The smallest absolute Gasteiger partial charge is 0.259 e. The molecule has 2 aliphatic heterocycles. The van der Waals surface area contributed by atoms with Gasteiger partial charge in [-0.1, -0.05) is 11.6 Å². The first kappa shape index (κ1) is 21.5. The van der Waals surface area contributed by atoms with Gasteiger partial charge in [0.1, 0.15) is 0 Å². The maximum absolute atomic E-state index is 13.1. The van der Waals surface area contributed by atoms with Gasteiger partial charge < -0.3 is 9.80 Å². The molecule has 0 N–H and O–H groups in total. The summed E-state index contributed by atoms with van der Waals surface area (Å²) in [5.41, 5.74) is 3.91. The highest BCUT2D eigenvalue weighted by atomic mass is 35.5. The zero-order valence-corrected chi connectivity index (χ0v) is 19.4. The van der Waals surface area contributed by atoms with Crippen molar-refractivity contribution in [3.8, 4) is 0 Å². The number of carbonyl (C=O) groups is 2.